The number of nitrogens with one attached hydrogen (secondary N) is 1. The van der Waals surface area contributed by atoms with Gasteiger partial charge in [-0.2, -0.15) is 0 Å². The standard InChI is InChI=1S/C13H9FINO3S/c1-19-13(18)9-5-8(14)2-3-10(9)16-12(17)7-4-11(15)20-6-7/h2-6H,1H3,(H,16,17). The molecule has 1 aromatic carbocycles. The molecule has 0 saturated heterocycles. The molecule has 1 amide bonds. The number of rotatable bonds is 3. The summed E-state index contributed by atoms with van der Waals surface area (Å²) in [6, 6.07) is 5.25. The predicted octanol–water partition coefficient (Wildman–Crippen LogP) is 3.53. The van der Waals surface area contributed by atoms with E-state index in [0.29, 0.717) is 5.56 Å². The maximum absolute atomic E-state index is 13.2. The highest BCUT2D eigenvalue weighted by molar-refractivity contribution is 14.1. The van der Waals surface area contributed by atoms with Crippen molar-refractivity contribution in [2.75, 3.05) is 12.4 Å². The van der Waals surface area contributed by atoms with Crippen molar-refractivity contribution >= 4 is 51.5 Å². The van der Waals surface area contributed by atoms with Crippen LogP contribution < -0.4 is 5.32 Å². The van der Waals surface area contributed by atoms with E-state index in [1.54, 1.807) is 11.4 Å². The molecule has 0 atom stereocenters. The van der Waals surface area contributed by atoms with Gasteiger partial charge in [-0.05, 0) is 46.9 Å². The number of carbonyl (C=O) groups excluding carboxylic acids is 2. The van der Waals surface area contributed by atoms with Gasteiger partial charge in [0.2, 0.25) is 0 Å². The van der Waals surface area contributed by atoms with Gasteiger partial charge >= 0.3 is 5.97 Å². The van der Waals surface area contributed by atoms with Gasteiger partial charge in [0.05, 0.1) is 26.8 Å². The minimum absolute atomic E-state index is 0.0224. The van der Waals surface area contributed by atoms with Crippen LogP contribution in [0.15, 0.2) is 29.6 Å². The molecule has 1 N–H and O–H groups in total. The molecule has 0 unspecified atom stereocenters. The summed E-state index contributed by atoms with van der Waals surface area (Å²) in [5.74, 6) is -1.64. The van der Waals surface area contributed by atoms with Gasteiger partial charge < -0.3 is 10.1 Å². The van der Waals surface area contributed by atoms with E-state index < -0.39 is 11.8 Å². The van der Waals surface area contributed by atoms with Crippen molar-refractivity contribution in [2.24, 2.45) is 0 Å². The topological polar surface area (TPSA) is 55.4 Å². The molecular formula is C13H9FINO3S. The average Bonchev–Trinajstić information content (AvgIpc) is 2.86. The predicted molar refractivity (Wildman–Crippen MR) is 82.7 cm³/mol. The Morgan fingerprint density at radius 2 is 2.10 bits per heavy atom. The maximum Gasteiger partial charge on any atom is 0.340 e. The molecule has 0 spiro atoms. The third-order valence-electron chi connectivity index (χ3n) is 2.46. The molecule has 7 heteroatoms. The number of carbonyl (C=O) groups is 2. The number of esters is 1. The van der Waals surface area contributed by atoms with E-state index in [9.17, 15) is 14.0 Å². The number of halogens is 2. The zero-order valence-electron chi connectivity index (χ0n) is 10.3. The second-order valence-corrected chi connectivity index (χ2v) is 6.58. The molecule has 104 valence electrons. The molecule has 1 heterocycles. The first-order valence-corrected chi connectivity index (χ1v) is 7.40. The minimum Gasteiger partial charge on any atom is -0.465 e. The Labute approximate surface area is 132 Å². The molecule has 0 saturated carbocycles. The summed E-state index contributed by atoms with van der Waals surface area (Å²) in [6.07, 6.45) is 0. The van der Waals surface area contributed by atoms with E-state index in [2.05, 4.69) is 32.6 Å². The van der Waals surface area contributed by atoms with Crippen LogP contribution in [0.4, 0.5) is 10.1 Å². The lowest BCUT2D eigenvalue weighted by Gasteiger charge is -2.09. The third-order valence-corrected chi connectivity index (χ3v) is 4.25. The normalized spacial score (nSPS) is 10.2. The molecule has 0 fully saturated rings. The van der Waals surface area contributed by atoms with Crippen molar-refractivity contribution in [3.8, 4) is 0 Å². The molecule has 0 bridgehead atoms. The van der Waals surface area contributed by atoms with E-state index in [-0.39, 0.29) is 17.2 Å². The van der Waals surface area contributed by atoms with Gasteiger partial charge in [-0.1, -0.05) is 0 Å². The number of benzene rings is 1. The Balaban J connectivity index is 2.29. The highest BCUT2D eigenvalue weighted by Crippen LogP contribution is 2.21. The molecule has 0 radical (unpaired) electrons. The van der Waals surface area contributed by atoms with Gasteiger partial charge in [0.15, 0.2) is 0 Å². The lowest BCUT2D eigenvalue weighted by molar-refractivity contribution is 0.0601. The lowest BCUT2D eigenvalue weighted by atomic mass is 10.1. The summed E-state index contributed by atoms with van der Waals surface area (Å²) < 4.78 is 18.7. The number of hydrogen-bond donors (Lipinski definition) is 1. The monoisotopic (exact) mass is 405 g/mol. The van der Waals surface area contributed by atoms with Crippen LogP contribution in [0.1, 0.15) is 20.7 Å². The summed E-state index contributed by atoms with van der Waals surface area (Å²) in [7, 11) is 1.19. The highest BCUT2D eigenvalue weighted by atomic mass is 127. The molecule has 1 aromatic heterocycles. The van der Waals surface area contributed by atoms with Crippen LogP contribution in [-0.4, -0.2) is 19.0 Å². The van der Waals surface area contributed by atoms with Crippen LogP contribution in [-0.2, 0) is 4.74 Å². The van der Waals surface area contributed by atoms with E-state index in [4.69, 9.17) is 0 Å². The first-order chi connectivity index (χ1) is 9.51. The van der Waals surface area contributed by atoms with E-state index in [1.165, 1.54) is 30.6 Å². The zero-order valence-corrected chi connectivity index (χ0v) is 13.2. The summed E-state index contributed by atoms with van der Waals surface area (Å²) in [5, 5.41) is 4.29. The molecule has 2 aromatic rings. The molecule has 0 aliphatic carbocycles. The second-order valence-electron chi connectivity index (χ2n) is 3.78. The van der Waals surface area contributed by atoms with Crippen LogP contribution in [0.2, 0.25) is 0 Å². The average molecular weight is 405 g/mol. The Kier molecular flexibility index (Phi) is 4.71. The van der Waals surface area contributed by atoms with Crippen molar-refractivity contribution in [1.29, 1.82) is 0 Å². The number of methoxy groups -OCH3 is 1. The van der Waals surface area contributed by atoms with Crippen molar-refractivity contribution < 1.29 is 18.7 Å². The van der Waals surface area contributed by atoms with E-state index in [0.717, 1.165) is 8.95 Å². The molecule has 0 aliphatic rings. The Hall–Kier alpha value is -1.48. The summed E-state index contributed by atoms with van der Waals surface area (Å²) in [4.78, 5) is 23.6. The fraction of sp³-hybridized carbons (Fsp3) is 0.0769. The third kappa shape index (κ3) is 3.34. The van der Waals surface area contributed by atoms with Crippen LogP contribution in [0, 0.1) is 8.70 Å². The van der Waals surface area contributed by atoms with Crippen LogP contribution in [0.3, 0.4) is 0 Å². The smallest absolute Gasteiger partial charge is 0.340 e. The van der Waals surface area contributed by atoms with Gasteiger partial charge in [0.1, 0.15) is 5.82 Å². The Morgan fingerprint density at radius 1 is 1.35 bits per heavy atom. The maximum atomic E-state index is 13.2. The van der Waals surface area contributed by atoms with Gasteiger partial charge in [-0.3, -0.25) is 4.79 Å². The van der Waals surface area contributed by atoms with Gasteiger partial charge in [-0.25, -0.2) is 9.18 Å². The summed E-state index contributed by atoms with van der Waals surface area (Å²) in [6.45, 7) is 0. The zero-order chi connectivity index (χ0) is 14.7. The number of ether oxygens (including phenoxy) is 1. The van der Waals surface area contributed by atoms with Crippen LogP contribution in [0.5, 0.6) is 0 Å². The van der Waals surface area contributed by atoms with Crippen molar-refractivity contribution in [3.63, 3.8) is 0 Å². The van der Waals surface area contributed by atoms with Gasteiger partial charge in [0.25, 0.3) is 5.91 Å². The SMILES string of the molecule is COC(=O)c1cc(F)ccc1NC(=O)c1csc(I)c1. The van der Waals surface area contributed by atoms with Crippen LogP contribution in [0.25, 0.3) is 0 Å². The van der Waals surface area contributed by atoms with Gasteiger partial charge in [-0.15, -0.1) is 11.3 Å². The van der Waals surface area contributed by atoms with Gasteiger partial charge in [0, 0.05) is 5.38 Å². The largest absolute Gasteiger partial charge is 0.465 e. The number of thiophene rings is 1. The molecule has 2 rings (SSSR count). The number of anilines is 1. The molecule has 4 nitrogen and oxygen atoms in total. The van der Waals surface area contributed by atoms with Crippen molar-refractivity contribution in [3.05, 3.63) is 49.5 Å². The molecule has 0 aliphatic heterocycles. The first-order valence-electron chi connectivity index (χ1n) is 5.44. The Morgan fingerprint density at radius 3 is 2.70 bits per heavy atom. The second kappa shape index (κ2) is 6.31. The van der Waals surface area contributed by atoms with Crippen molar-refractivity contribution in [2.45, 2.75) is 0 Å². The molecular weight excluding hydrogens is 396 g/mol. The summed E-state index contributed by atoms with van der Waals surface area (Å²) in [5.41, 5.74) is 0.676. The quantitative estimate of drug-likeness (QED) is 0.628. The Bertz CT molecular complexity index is 671. The van der Waals surface area contributed by atoms with E-state index in [1.807, 2.05) is 0 Å². The number of amides is 1. The highest BCUT2D eigenvalue weighted by Gasteiger charge is 2.16. The fourth-order valence-corrected chi connectivity index (χ4v) is 2.85. The van der Waals surface area contributed by atoms with Crippen LogP contribution >= 0.6 is 33.9 Å². The minimum atomic E-state index is -0.709. The van der Waals surface area contributed by atoms with E-state index >= 15 is 0 Å². The molecule has 20 heavy (non-hydrogen) atoms. The summed E-state index contributed by atoms with van der Waals surface area (Å²) >= 11 is 3.54. The fourth-order valence-electron chi connectivity index (χ4n) is 1.53. The van der Waals surface area contributed by atoms with Crippen molar-refractivity contribution in [1.82, 2.24) is 0 Å². The number of hydrogen-bond acceptors (Lipinski definition) is 4. The lowest BCUT2D eigenvalue weighted by Crippen LogP contribution is -2.15. The first kappa shape index (κ1) is 14.9.